The summed E-state index contributed by atoms with van der Waals surface area (Å²) in [5.41, 5.74) is 6.00. The fraction of sp³-hybridized carbons (Fsp3) is 0.900. The Morgan fingerprint density at radius 2 is 2.27 bits per heavy atom. The molecule has 0 amide bonds. The summed E-state index contributed by atoms with van der Waals surface area (Å²) in [6.45, 7) is 2.32. The third-order valence-electron chi connectivity index (χ3n) is 3.45. The minimum atomic E-state index is 0.128. The summed E-state index contributed by atoms with van der Waals surface area (Å²) in [7, 11) is 3.46. The average molecular weight is 213 g/mol. The van der Waals surface area contributed by atoms with Crippen LogP contribution in [0.15, 0.2) is 4.99 Å². The van der Waals surface area contributed by atoms with Crippen LogP contribution in [0, 0.1) is 0 Å². The van der Waals surface area contributed by atoms with E-state index in [1.54, 1.807) is 14.2 Å². The monoisotopic (exact) mass is 213 g/mol. The molecule has 5 heteroatoms. The fourth-order valence-corrected chi connectivity index (χ4v) is 2.48. The molecule has 0 unspecified atom stereocenters. The molecule has 5 nitrogen and oxygen atoms in total. The molecule has 1 aliphatic heterocycles. The zero-order chi connectivity index (χ0) is 10.9. The van der Waals surface area contributed by atoms with Gasteiger partial charge in [0.25, 0.3) is 0 Å². The number of nitrogens with zero attached hydrogens (tertiary/aromatic N) is 2. The third-order valence-corrected chi connectivity index (χ3v) is 3.45. The maximum atomic E-state index is 5.87. The normalized spacial score (nSPS) is 34.4. The van der Waals surface area contributed by atoms with Crippen LogP contribution in [0.25, 0.3) is 0 Å². The van der Waals surface area contributed by atoms with Crippen LogP contribution in [-0.2, 0) is 9.47 Å². The van der Waals surface area contributed by atoms with Gasteiger partial charge in [-0.2, -0.15) is 0 Å². The van der Waals surface area contributed by atoms with E-state index in [2.05, 4.69) is 9.89 Å². The summed E-state index contributed by atoms with van der Waals surface area (Å²) in [4.78, 5) is 6.50. The molecule has 0 aromatic rings. The minimum absolute atomic E-state index is 0.128. The first-order chi connectivity index (χ1) is 7.22. The molecule has 1 fully saturated rings. The molecule has 1 spiro atoms. The molecular formula is C10H19N3O2. The summed E-state index contributed by atoms with van der Waals surface area (Å²) in [6.07, 6.45) is 2.42. The summed E-state index contributed by atoms with van der Waals surface area (Å²) < 4.78 is 10.4. The molecule has 0 saturated heterocycles. The summed E-state index contributed by atoms with van der Waals surface area (Å²) in [5, 5.41) is 0. The van der Waals surface area contributed by atoms with Crippen molar-refractivity contribution in [1.82, 2.24) is 4.90 Å². The lowest BCUT2D eigenvalue weighted by Crippen LogP contribution is -2.62. The van der Waals surface area contributed by atoms with Crippen molar-refractivity contribution in [2.45, 2.75) is 24.5 Å². The first-order valence-corrected chi connectivity index (χ1v) is 5.31. The predicted octanol–water partition coefficient (Wildman–Crippen LogP) is -0.189. The number of rotatable bonds is 4. The van der Waals surface area contributed by atoms with Gasteiger partial charge in [0.05, 0.1) is 24.8 Å². The largest absolute Gasteiger partial charge is 0.383 e. The van der Waals surface area contributed by atoms with E-state index in [0.717, 1.165) is 25.9 Å². The number of ether oxygens (including phenoxy) is 2. The molecule has 1 saturated carbocycles. The van der Waals surface area contributed by atoms with Crippen molar-refractivity contribution in [3.63, 3.8) is 0 Å². The second kappa shape index (κ2) is 3.98. The smallest absolute Gasteiger partial charge is 0.191 e. The average Bonchev–Trinajstić information content (AvgIpc) is 2.50. The van der Waals surface area contributed by atoms with Gasteiger partial charge in [0.15, 0.2) is 5.96 Å². The van der Waals surface area contributed by atoms with Gasteiger partial charge in [-0.3, -0.25) is 4.99 Å². The molecule has 15 heavy (non-hydrogen) atoms. The molecule has 86 valence electrons. The highest BCUT2D eigenvalue weighted by molar-refractivity contribution is 5.81. The molecule has 1 heterocycles. The minimum Gasteiger partial charge on any atom is -0.383 e. The van der Waals surface area contributed by atoms with E-state index in [1.165, 1.54) is 0 Å². The predicted molar refractivity (Wildman–Crippen MR) is 57.8 cm³/mol. The first-order valence-electron chi connectivity index (χ1n) is 5.31. The zero-order valence-corrected chi connectivity index (χ0v) is 9.40. The molecule has 0 radical (unpaired) electrons. The summed E-state index contributed by atoms with van der Waals surface area (Å²) >= 11 is 0. The van der Waals surface area contributed by atoms with Crippen molar-refractivity contribution in [2.75, 3.05) is 33.9 Å². The number of guanidine groups is 1. The topological polar surface area (TPSA) is 60.1 Å². The summed E-state index contributed by atoms with van der Waals surface area (Å²) in [6, 6.07) is 0. The van der Waals surface area contributed by atoms with Crippen molar-refractivity contribution >= 4 is 5.96 Å². The Balaban J connectivity index is 1.96. The lowest BCUT2D eigenvalue weighted by atomic mass is 9.73. The number of aliphatic imine (C=N–C) groups is 1. The Morgan fingerprint density at radius 1 is 1.53 bits per heavy atom. The van der Waals surface area contributed by atoms with Gasteiger partial charge in [0.2, 0.25) is 0 Å². The first kappa shape index (κ1) is 10.7. The second-order valence-corrected chi connectivity index (χ2v) is 4.31. The van der Waals surface area contributed by atoms with Crippen molar-refractivity contribution in [2.24, 2.45) is 10.7 Å². The lowest BCUT2D eigenvalue weighted by molar-refractivity contribution is -0.0599. The second-order valence-electron chi connectivity index (χ2n) is 4.31. The van der Waals surface area contributed by atoms with Crippen LogP contribution in [0.5, 0.6) is 0 Å². The molecule has 0 bridgehead atoms. The van der Waals surface area contributed by atoms with Crippen LogP contribution in [0.1, 0.15) is 12.8 Å². The van der Waals surface area contributed by atoms with E-state index in [-0.39, 0.29) is 5.54 Å². The van der Waals surface area contributed by atoms with Gasteiger partial charge in [0.1, 0.15) is 0 Å². The number of hydrogen-bond donors (Lipinski definition) is 1. The van der Waals surface area contributed by atoms with Gasteiger partial charge < -0.3 is 20.1 Å². The lowest BCUT2D eigenvalue weighted by Gasteiger charge is -2.50. The Labute approximate surface area is 90.2 Å². The molecule has 2 rings (SSSR count). The van der Waals surface area contributed by atoms with Gasteiger partial charge in [0, 0.05) is 20.8 Å². The van der Waals surface area contributed by atoms with E-state index >= 15 is 0 Å². The SMILES string of the molecule is COCCN1C(N)=NCC12CC(OC)C2. The Bertz CT molecular complexity index is 261. The van der Waals surface area contributed by atoms with E-state index in [4.69, 9.17) is 15.2 Å². The van der Waals surface area contributed by atoms with Crippen molar-refractivity contribution in [3.8, 4) is 0 Å². The van der Waals surface area contributed by atoms with Gasteiger partial charge in [-0.15, -0.1) is 0 Å². The molecule has 1 aliphatic carbocycles. The molecule has 0 aromatic heterocycles. The molecule has 2 aliphatic rings. The quantitative estimate of drug-likeness (QED) is 0.703. The standard InChI is InChI=1S/C10H19N3O2/c1-14-4-3-13-9(11)12-7-10(13)5-8(6-10)15-2/h8H,3-7H2,1-2H3,(H2,11,12). The molecular weight excluding hydrogens is 194 g/mol. The highest BCUT2D eigenvalue weighted by Crippen LogP contribution is 2.42. The van der Waals surface area contributed by atoms with Crippen LogP contribution < -0.4 is 5.73 Å². The van der Waals surface area contributed by atoms with E-state index in [9.17, 15) is 0 Å². The van der Waals surface area contributed by atoms with Crippen molar-refractivity contribution in [1.29, 1.82) is 0 Å². The number of methoxy groups -OCH3 is 2. The Hall–Kier alpha value is -0.810. The van der Waals surface area contributed by atoms with Crippen LogP contribution in [0.4, 0.5) is 0 Å². The van der Waals surface area contributed by atoms with Gasteiger partial charge in [-0.25, -0.2) is 0 Å². The van der Waals surface area contributed by atoms with E-state index in [1.807, 2.05) is 0 Å². The van der Waals surface area contributed by atoms with E-state index in [0.29, 0.717) is 18.7 Å². The number of hydrogen-bond acceptors (Lipinski definition) is 5. The molecule has 0 atom stereocenters. The highest BCUT2D eigenvalue weighted by Gasteiger charge is 2.52. The highest BCUT2D eigenvalue weighted by atomic mass is 16.5. The molecule has 2 N–H and O–H groups in total. The van der Waals surface area contributed by atoms with Crippen LogP contribution in [0.3, 0.4) is 0 Å². The van der Waals surface area contributed by atoms with Crippen LogP contribution in [-0.4, -0.2) is 56.4 Å². The van der Waals surface area contributed by atoms with Gasteiger partial charge >= 0.3 is 0 Å². The van der Waals surface area contributed by atoms with Crippen LogP contribution in [0.2, 0.25) is 0 Å². The van der Waals surface area contributed by atoms with Gasteiger partial charge in [-0.05, 0) is 12.8 Å². The third kappa shape index (κ3) is 1.70. The van der Waals surface area contributed by atoms with Crippen molar-refractivity contribution in [3.05, 3.63) is 0 Å². The fourth-order valence-electron chi connectivity index (χ4n) is 2.48. The van der Waals surface area contributed by atoms with Crippen molar-refractivity contribution < 1.29 is 9.47 Å². The summed E-state index contributed by atoms with van der Waals surface area (Å²) in [5.74, 6) is 0.654. The maximum absolute atomic E-state index is 5.87. The van der Waals surface area contributed by atoms with Gasteiger partial charge in [-0.1, -0.05) is 0 Å². The zero-order valence-electron chi connectivity index (χ0n) is 9.40. The Kier molecular flexibility index (Phi) is 2.84. The number of nitrogens with two attached hydrogens (primary N) is 1. The Morgan fingerprint density at radius 3 is 2.87 bits per heavy atom. The van der Waals surface area contributed by atoms with Crippen LogP contribution >= 0.6 is 0 Å². The maximum Gasteiger partial charge on any atom is 0.191 e. The molecule has 0 aromatic carbocycles. The van der Waals surface area contributed by atoms with E-state index < -0.39 is 0 Å².